The van der Waals surface area contributed by atoms with Crippen LogP contribution in [0.3, 0.4) is 0 Å². The quantitative estimate of drug-likeness (QED) is 0.751. The monoisotopic (exact) mass is 206 g/mol. The molecule has 1 rings (SSSR count). The van der Waals surface area contributed by atoms with Gasteiger partial charge in [-0.2, -0.15) is 0 Å². The Morgan fingerprint density at radius 2 is 1.93 bits per heavy atom. The van der Waals surface area contributed by atoms with Crippen LogP contribution >= 0.6 is 0 Å². The molecule has 1 aromatic rings. The van der Waals surface area contributed by atoms with Crippen molar-refractivity contribution in [3.8, 4) is 0 Å². The molecule has 0 spiro atoms. The lowest BCUT2D eigenvalue weighted by molar-refractivity contribution is 0.153. The summed E-state index contributed by atoms with van der Waals surface area (Å²) in [5, 5.41) is 9.23. The maximum atomic E-state index is 9.23. The van der Waals surface area contributed by atoms with Crippen LogP contribution < -0.4 is 0 Å². The van der Waals surface area contributed by atoms with E-state index in [1.54, 1.807) is 13.2 Å². The number of rotatable bonds is 5. The van der Waals surface area contributed by atoms with Crippen LogP contribution in [0.25, 0.3) is 0 Å². The van der Waals surface area contributed by atoms with Gasteiger partial charge in [0.25, 0.3) is 0 Å². The molecule has 0 aromatic heterocycles. The fourth-order valence-corrected chi connectivity index (χ4v) is 1.06. The maximum Gasteiger partial charge on any atom is 0.112 e. The summed E-state index contributed by atoms with van der Waals surface area (Å²) in [6, 6.07) is 9.99. The van der Waals surface area contributed by atoms with Crippen molar-refractivity contribution >= 4 is 0 Å². The van der Waals surface area contributed by atoms with Gasteiger partial charge in [-0.1, -0.05) is 37.3 Å². The Kier molecular flexibility index (Phi) is 4.91. The zero-order valence-corrected chi connectivity index (χ0v) is 9.26. The van der Waals surface area contributed by atoms with Crippen molar-refractivity contribution in [2.24, 2.45) is 5.92 Å². The number of aliphatic hydroxyl groups is 1. The van der Waals surface area contributed by atoms with E-state index in [1.165, 1.54) is 0 Å². The molecule has 0 amide bonds. The topological polar surface area (TPSA) is 29.5 Å². The van der Waals surface area contributed by atoms with Crippen molar-refractivity contribution in [3.63, 3.8) is 0 Å². The first kappa shape index (κ1) is 11.8. The molecular weight excluding hydrogens is 188 g/mol. The molecule has 2 unspecified atom stereocenters. The minimum absolute atomic E-state index is 0.126. The molecule has 0 bridgehead atoms. The van der Waals surface area contributed by atoms with Gasteiger partial charge in [0.05, 0.1) is 12.4 Å². The molecular formula is C13H18O2. The molecule has 82 valence electrons. The summed E-state index contributed by atoms with van der Waals surface area (Å²) in [4.78, 5) is 0. The predicted molar refractivity (Wildman–Crippen MR) is 61.2 cm³/mol. The molecule has 0 saturated heterocycles. The Morgan fingerprint density at radius 1 is 1.27 bits per heavy atom. The SMILES string of the molecule is CC(O)C(C)C=COCc1ccccc1. The van der Waals surface area contributed by atoms with Gasteiger partial charge in [0.1, 0.15) is 6.61 Å². The first-order valence-corrected chi connectivity index (χ1v) is 5.20. The Morgan fingerprint density at radius 3 is 2.53 bits per heavy atom. The molecule has 2 atom stereocenters. The summed E-state index contributed by atoms with van der Waals surface area (Å²) >= 11 is 0. The third-order valence-corrected chi connectivity index (χ3v) is 2.33. The summed E-state index contributed by atoms with van der Waals surface area (Å²) in [7, 11) is 0. The zero-order chi connectivity index (χ0) is 11.1. The summed E-state index contributed by atoms with van der Waals surface area (Å²) in [6.45, 7) is 4.29. The second kappa shape index (κ2) is 6.25. The molecule has 15 heavy (non-hydrogen) atoms. The van der Waals surface area contributed by atoms with Gasteiger partial charge in [0.2, 0.25) is 0 Å². The molecule has 1 aromatic carbocycles. The molecule has 0 saturated carbocycles. The van der Waals surface area contributed by atoms with Crippen molar-refractivity contribution in [1.29, 1.82) is 0 Å². The average Bonchev–Trinajstić information content (AvgIpc) is 2.25. The molecule has 0 aliphatic carbocycles. The van der Waals surface area contributed by atoms with Gasteiger partial charge in [0, 0.05) is 5.92 Å². The highest BCUT2D eigenvalue weighted by atomic mass is 16.5. The van der Waals surface area contributed by atoms with Crippen LogP contribution in [0, 0.1) is 5.92 Å². The highest BCUT2D eigenvalue weighted by molar-refractivity contribution is 5.13. The summed E-state index contributed by atoms with van der Waals surface area (Å²) in [5.74, 6) is 0.126. The summed E-state index contributed by atoms with van der Waals surface area (Å²) in [6.07, 6.45) is 3.19. The van der Waals surface area contributed by atoms with Crippen LogP contribution in [-0.2, 0) is 11.3 Å². The Bertz CT molecular complexity index is 291. The van der Waals surface area contributed by atoms with Gasteiger partial charge in [-0.25, -0.2) is 0 Å². The molecule has 1 N–H and O–H groups in total. The summed E-state index contributed by atoms with van der Waals surface area (Å²) in [5.41, 5.74) is 1.15. The first-order chi connectivity index (χ1) is 7.20. The minimum atomic E-state index is -0.332. The molecule has 0 radical (unpaired) electrons. The van der Waals surface area contributed by atoms with Crippen molar-refractivity contribution in [2.75, 3.05) is 0 Å². The molecule has 2 heteroatoms. The number of hydrogen-bond acceptors (Lipinski definition) is 2. The maximum absolute atomic E-state index is 9.23. The third-order valence-electron chi connectivity index (χ3n) is 2.33. The Balaban J connectivity index is 2.28. The van der Waals surface area contributed by atoms with Gasteiger partial charge in [0.15, 0.2) is 0 Å². The van der Waals surface area contributed by atoms with Crippen molar-refractivity contribution < 1.29 is 9.84 Å². The Hall–Kier alpha value is -1.28. The highest BCUT2D eigenvalue weighted by Gasteiger charge is 2.03. The minimum Gasteiger partial charge on any atom is -0.497 e. The average molecular weight is 206 g/mol. The summed E-state index contributed by atoms with van der Waals surface area (Å²) < 4.78 is 5.35. The van der Waals surface area contributed by atoms with E-state index in [4.69, 9.17) is 4.74 Å². The smallest absolute Gasteiger partial charge is 0.112 e. The number of aliphatic hydroxyl groups excluding tert-OH is 1. The van der Waals surface area contributed by atoms with Gasteiger partial charge in [-0.3, -0.25) is 0 Å². The Labute approximate surface area is 91.2 Å². The first-order valence-electron chi connectivity index (χ1n) is 5.20. The van der Waals surface area contributed by atoms with E-state index in [-0.39, 0.29) is 12.0 Å². The number of benzene rings is 1. The second-order valence-electron chi connectivity index (χ2n) is 3.72. The van der Waals surface area contributed by atoms with Gasteiger partial charge in [-0.05, 0) is 18.6 Å². The number of ether oxygens (including phenoxy) is 1. The van der Waals surface area contributed by atoms with Crippen molar-refractivity contribution in [1.82, 2.24) is 0 Å². The van der Waals surface area contributed by atoms with Crippen LogP contribution in [0.4, 0.5) is 0 Å². The normalized spacial score (nSPS) is 15.1. The molecule has 2 nitrogen and oxygen atoms in total. The van der Waals surface area contributed by atoms with Gasteiger partial charge >= 0.3 is 0 Å². The van der Waals surface area contributed by atoms with Crippen molar-refractivity contribution in [3.05, 3.63) is 48.2 Å². The molecule has 0 heterocycles. The molecule has 0 aliphatic rings. The van der Waals surface area contributed by atoms with Crippen LogP contribution in [0.1, 0.15) is 19.4 Å². The zero-order valence-electron chi connectivity index (χ0n) is 9.26. The van der Waals surface area contributed by atoms with Crippen LogP contribution in [0.2, 0.25) is 0 Å². The largest absolute Gasteiger partial charge is 0.497 e. The fraction of sp³-hybridized carbons (Fsp3) is 0.385. The lowest BCUT2D eigenvalue weighted by Crippen LogP contribution is -2.09. The van der Waals surface area contributed by atoms with Crippen molar-refractivity contribution in [2.45, 2.75) is 26.6 Å². The van der Waals surface area contributed by atoms with Crippen LogP contribution in [0.15, 0.2) is 42.7 Å². The van der Waals surface area contributed by atoms with Gasteiger partial charge in [-0.15, -0.1) is 0 Å². The molecule has 0 fully saturated rings. The molecule has 0 aliphatic heterocycles. The number of hydrogen-bond donors (Lipinski definition) is 1. The lowest BCUT2D eigenvalue weighted by Gasteiger charge is -2.08. The third kappa shape index (κ3) is 4.66. The highest BCUT2D eigenvalue weighted by Crippen LogP contribution is 2.05. The van der Waals surface area contributed by atoms with Crippen LogP contribution in [-0.4, -0.2) is 11.2 Å². The van der Waals surface area contributed by atoms with E-state index in [1.807, 2.05) is 43.3 Å². The standard InChI is InChI=1S/C13H18O2/c1-11(12(2)14)8-9-15-10-13-6-4-3-5-7-13/h3-9,11-12,14H,10H2,1-2H3. The predicted octanol–water partition coefficient (Wildman–Crippen LogP) is 2.73. The second-order valence-corrected chi connectivity index (χ2v) is 3.72. The van der Waals surface area contributed by atoms with E-state index in [0.29, 0.717) is 6.61 Å². The lowest BCUT2D eigenvalue weighted by atomic mass is 10.1. The van der Waals surface area contributed by atoms with E-state index in [9.17, 15) is 5.11 Å². The fourth-order valence-electron chi connectivity index (χ4n) is 1.06. The van der Waals surface area contributed by atoms with E-state index < -0.39 is 0 Å². The van der Waals surface area contributed by atoms with E-state index >= 15 is 0 Å². The van der Waals surface area contributed by atoms with E-state index in [0.717, 1.165) is 5.56 Å². The van der Waals surface area contributed by atoms with Gasteiger partial charge < -0.3 is 9.84 Å². The van der Waals surface area contributed by atoms with Crippen LogP contribution in [0.5, 0.6) is 0 Å². The van der Waals surface area contributed by atoms with E-state index in [2.05, 4.69) is 0 Å².